The van der Waals surface area contributed by atoms with Gasteiger partial charge >= 0.3 is 0 Å². The number of phenols is 1. The lowest BCUT2D eigenvalue weighted by atomic mass is 10.1. The van der Waals surface area contributed by atoms with Crippen LogP contribution in [-0.4, -0.2) is 22.9 Å². The number of halogens is 2. The molecule has 0 aromatic heterocycles. The second-order valence-corrected chi connectivity index (χ2v) is 4.90. The van der Waals surface area contributed by atoms with Crippen molar-refractivity contribution in [2.24, 2.45) is 5.92 Å². The monoisotopic (exact) mass is 271 g/mol. The predicted octanol–water partition coefficient (Wildman–Crippen LogP) is 2.67. The molecule has 5 heteroatoms. The van der Waals surface area contributed by atoms with Crippen LogP contribution in [0.15, 0.2) is 18.2 Å². The quantitative estimate of drug-likeness (QED) is 0.831. The molecule has 1 amide bonds. The summed E-state index contributed by atoms with van der Waals surface area (Å²) in [6, 6.07) is 3.34. The van der Waals surface area contributed by atoms with E-state index in [1.54, 1.807) is 0 Å². The first-order valence-electron chi connectivity index (χ1n) is 5.97. The number of hydrogen-bond donors (Lipinski definition) is 2. The second kappa shape index (κ2) is 5.57. The number of carbonyl (C=O) groups excluding carboxylic acids is 1. The first-order chi connectivity index (χ1) is 8.61. The summed E-state index contributed by atoms with van der Waals surface area (Å²) in [6.45, 7) is 0. The second-order valence-electron chi connectivity index (χ2n) is 4.59. The fourth-order valence-corrected chi connectivity index (χ4v) is 2.72. The lowest BCUT2D eigenvalue weighted by molar-refractivity contribution is 0.0927. The molecule has 2 rings (SSSR count). The van der Waals surface area contributed by atoms with Gasteiger partial charge in [0.05, 0.1) is 5.56 Å². The van der Waals surface area contributed by atoms with E-state index in [-0.39, 0.29) is 23.3 Å². The van der Waals surface area contributed by atoms with Gasteiger partial charge in [0.15, 0.2) is 0 Å². The Morgan fingerprint density at radius 1 is 1.50 bits per heavy atom. The Bertz CT molecular complexity index is 453. The maximum absolute atomic E-state index is 13.1. The summed E-state index contributed by atoms with van der Waals surface area (Å²) in [4.78, 5) is 12.0. The molecule has 1 fully saturated rings. The van der Waals surface area contributed by atoms with E-state index < -0.39 is 11.7 Å². The lowest BCUT2D eigenvalue weighted by Gasteiger charge is -2.19. The highest BCUT2D eigenvalue weighted by molar-refractivity contribution is 6.18. The van der Waals surface area contributed by atoms with Crippen LogP contribution in [0.4, 0.5) is 4.39 Å². The molecule has 2 N–H and O–H groups in total. The zero-order valence-electron chi connectivity index (χ0n) is 9.83. The van der Waals surface area contributed by atoms with Crippen molar-refractivity contribution in [3.05, 3.63) is 29.6 Å². The molecule has 1 aliphatic rings. The van der Waals surface area contributed by atoms with Crippen molar-refractivity contribution >= 4 is 17.5 Å². The first kappa shape index (κ1) is 13.1. The van der Waals surface area contributed by atoms with Crippen LogP contribution in [0.25, 0.3) is 0 Å². The van der Waals surface area contributed by atoms with Crippen LogP contribution >= 0.6 is 11.6 Å². The third kappa shape index (κ3) is 2.75. The number of rotatable bonds is 3. The van der Waals surface area contributed by atoms with Crippen LogP contribution < -0.4 is 5.32 Å². The Morgan fingerprint density at radius 3 is 3.00 bits per heavy atom. The fraction of sp³-hybridized carbons (Fsp3) is 0.462. The van der Waals surface area contributed by atoms with Gasteiger partial charge in [0, 0.05) is 11.9 Å². The van der Waals surface area contributed by atoms with Crippen molar-refractivity contribution in [3.63, 3.8) is 0 Å². The average Bonchev–Trinajstić information content (AvgIpc) is 2.79. The molecule has 2 atom stereocenters. The molecular weight excluding hydrogens is 257 g/mol. The Kier molecular flexibility index (Phi) is 4.07. The molecule has 0 spiro atoms. The minimum atomic E-state index is -0.543. The molecule has 1 aliphatic carbocycles. The summed E-state index contributed by atoms with van der Waals surface area (Å²) >= 11 is 5.83. The van der Waals surface area contributed by atoms with Gasteiger partial charge < -0.3 is 10.4 Å². The lowest BCUT2D eigenvalue weighted by Crippen LogP contribution is -2.38. The Morgan fingerprint density at radius 2 is 2.28 bits per heavy atom. The summed E-state index contributed by atoms with van der Waals surface area (Å²) < 4.78 is 13.1. The standard InChI is InChI=1S/C13H15ClFNO2/c14-7-8-2-1-3-11(8)16-13(18)10-6-9(15)4-5-12(10)17/h4-6,8,11,17H,1-3,7H2,(H,16,18). The van der Waals surface area contributed by atoms with E-state index in [9.17, 15) is 14.3 Å². The third-order valence-corrected chi connectivity index (χ3v) is 3.77. The third-order valence-electron chi connectivity index (χ3n) is 3.38. The Labute approximate surface area is 110 Å². The maximum Gasteiger partial charge on any atom is 0.255 e. The minimum absolute atomic E-state index is 0.0117. The van der Waals surface area contributed by atoms with E-state index in [1.165, 1.54) is 6.07 Å². The van der Waals surface area contributed by atoms with Crippen molar-refractivity contribution in [2.75, 3.05) is 5.88 Å². The molecule has 1 saturated carbocycles. The largest absolute Gasteiger partial charge is 0.507 e. The molecule has 0 heterocycles. The van der Waals surface area contributed by atoms with Crippen LogP contribution in [-0.2, 0) is 0 Å². The number of aromatic hydroxyl groups is 1. The van der Waals surface area contributed by atoms with Gasteiger partial charge in [-0.1, -0.05) is 6.42 Å². The molecule has 1 aromatic carbocycles. The summed E-state index contributed by atoms with van der Waals surface area (Å²) in [5.74, 6) is -0.451. The predicted molar refractivity (Wildman–Crippen MR) is 67.4 cm³/mol. The van der Waals surface area contributed by atoms with Gasteiger partial charge in [-0.25, -0.2) is 4.39 Å². The molecular formula is C13H15ClFNO2. The number of phenolic OH excluding ortho intramolecular Hbond substituents is 1. The van der Waals surface area contributed by atoms with E-state index in [0.29, 0.717) is 5.88 Å². The summed E-state index contributed by atoms with van der Waals surface area (Å²) in [6.07, 6.45) is 2.89. The van der Waals surface area contributed by atoms with Gasteiger partial charge in [-0.2, -0.15) is 0 Å². The van der Waals surface area contributed by atoms with Crippen LogP contribution in [0.5, 0.6) is 5.75 Å². The maximum atomic E-state index is 13.1. The number of benzene rings is 1. The number of nitrogens with one attached hydrogen (secondary N) is 1. The molecule has 0 aliphatic heterocycles. The van der Waals surface area contributed by atoms with Crippen LogP contribution in [0, 0.1) is 11.7 Å². The van der Waals surface area contributed by atoms with Gasteiger partial charge in [-0.15, -0.1) is 11.6 Å². The Hall–Kier alpha value is -1.29. The summed E-state index contributed by atoms with van der Waals surface area (Å²) in [5.41, 5.74) is -0.0322. The fourth-order valence-electron chi connectivity index (χ4n) is 2.35. The first-order valence-corrected chi connectivity index (χ1v) is 6.50. The molecule has 2 unspecified atom stereocenters. The van der Waals surface area contributed by atoms with E-state index in [0.717, 1.165) is 31.4 Å². The molecule has 3 nitrogen and oxygen atoms in total. The van der Waals surface area contributed by atoms with Gasteiger partial charge in [0.25, 0.3) is 5.91 Å². The van der Waals surface area contributed by atoms with Crippen molar-refractivity contribution in [2.45, 2.75) is 25.3 Å². The molecule has 18 heavy (non-hydrogen) atoms. The van der Waals surface area contributed by atoms with Gasteiger partial charge in [0.2, 0.25) is 0 Å². The highest BCUT2D eigenvalue weighted by atomic mass is 35.5. The van der Waals surface area contributed by atoms with Crippen molar-refractivity contribution in [1.29, 1.82) is 0 Å². The number of hydrogen-bond acceptors (Lipinski definition) is 2. The van der Waals surface area contributed by atoms with E-state index in [1.807, 2.05) is 0 Å². The molecule has 1 aromatic rings. The minimum Gasteiger partial charge on any atom is -0.507 e. The van der Waals surface area contributed by atoms with Crippen LogP contribution in [0.3, 0.4) is 0 Å². The van der Waals surface area contributed by atoms with Crippen molar-refractivity contribution in [3.8, 4) is 5.75 Å². The van der Waals surface area contributed by atoms with Crippen LogP contribution in [0.2, 0.25) is 0 Å². The highest BCUT2D eigenvalue weighted by Crippen LogP contribution is 2.27. The normalized spacial score (nSPS) is 23.0. The van der Waals surface area contributed by atoms with E-state index >= 15 is 0 Å². The summed E-state index contributed by atoms with van der Waals surface area (Å²) in [7, 11) is 0. The zero-order valence-corrected chi connectivity index (χ0v) is 10.6. The topological polar surface area (TPSA) is 49.3 Å². The van der Waals surface area contributed by atoms with Crippen molar-refractivity contribution < 1.29 is 14.3 Å². The number of alkyl halides is 1. The van der Waals surface area contributed by atoms with E-state index in [2.05, 4.69) is 5.32 Å². The summed E-state index contributed by atoms with van der Waals surface area (Å²) in [5, 5.41) is 12.4. The highest BCUT2D eigenvalue weighted by Gasteiger charge is 2.28. The zero-order chi connectivity index (χ0) is 13.1. The van der Waals surface area contributed by atoms with Crippen molar-refractivity contribution in [1.82, 2.24) is 5.32 Å². The molecule has 0 saturated heterocycles. The van der Waals surface area contributed by atoms with Crippen LogP contribution in [0.1, 0.15) is 29.6 Å². The molecule has 0 radical (unpaired) electrons. The average molecular weight is 272 g/mol. The van der Waals surface area contributed by atoms with Gasteiger partial charge in [-0.3, -0.25) is 4.79 Å². The van der Waals surface area contributed by atoms with E-state index in [4.69, 9.17) is 11.6 Å². The number of carbonyl (C=O) groups is 1. The molecule has 98 valence electrons. The molecule has 0 bridgehead atoms. The number of amides is 1. The SMILES string of the molecule is O=C(NC1CCCC1CCl)c1cc(F)ccc1O. The smallest absolute Gasteiger partial charge is 0.255 e. The van der Waals surface area contributed by atoms with Gasteiger partial charge in [-0.05, 0) is 37.0 Å². The van der Waals surface area contributed by atoms with Gasteiger partial charge in [0.1, 0.15) is 11.6 Å². The Balaban J connectivity index is 2.09.